The van der Waals surface area contributed by atoms with Crippen LogP contribution in [0, 0.1) is 5.82 Å². The quantitative estimate of drug-likeness (QED) is 0.675. The molecular formula is C22H23FN2O5S2. The maximum Gasteiger partial charge on any atom is 0.243 e. The maximum atomic E-state index is 14.3. The second kappa shape index (κ2) is 7.64. The summed E-state index contributed by atoms with van der Waals surface area (Å²) in [6.45, 7) is 0.362. The Morgan fingerprint density at radius 3 is 2.44 bits per heavy atom. The van der Waals surface area contributed by atoms with Gasteiger partial charge in [-0.3, -0.25) is 4.79 Å². The molecule has 0 saturated carbocycles. The van der Waals surface area contributed by atoms with E-state index in [1.54, 1.807) is 23.1 Å². The molecule has 0 bridgehead atoms. The highest BCUT2D eigenvalue weighted by Gasteiger charge is 2.38. The highest BCUT2D eigenvalue weighted by atomic mass is 32.2. The molecule has 0 aliphatic carbocycles. The molecular weight excluding hydrogens is 455 g/mol. The van der Waals surface area contributed by atoms with Crippen molar-refractivity contribution in [3.63, 3.8) is 0 Å². The van der Waals surface area contributed by atoms with Gasteiger partial charge in [-0.15, -0.1) is 0 Å². The van der Waals surface area contributed by atoms with Gasteiger partial charge in [-0.1, -0.05) is 18.2 Å². The van der Waals surface area contributed by atoms with Crippen molar-refractivity contribution in [3.8, 4) is 0 Å². The minimum Gasteiger partial charge on any atom is -0.312 e. The summed E-state index contributed by atoms with van der Waals surface area (Å²) in [5, 5.41) is -1.08. The zero-order valence-electron chi connectivity index (χ0n) is 17.3. The number of benzene rings is 2. The van der Waals surface area contributed by atoms with Crippen LogP contribution in [0.5, 0.6) is 0 Å². The van der Waals surface area contributed by atoms with E-state index >= 15 is 0 Å². The second-order valence-corrected chi connectivity index (χ2v) is 12.7. The maximum absolute atomic E-state index is 14.3. The molecule has 170 valence electrons. The van der Waals surface area contributed by atoms with E-state index in [9.17, 15) is 26.0 Å². The van der Waals surface area contributed by atoms with E-state index in [0.717, 1.165) is 16.8 Å². The largest absolute Gasteiger partial charge is 0.312 e. The number of carbonyl (C=O) groups excluding carboxylic acids is 1. The van der Waals surface area contributed by atoms with Crippen LogP contribution in [0.3, 0.4) is 0 Å². The Morgan fingerprint density at radius 1 is 0.969 bits per heavy atom. The van der Waals surface area contributed by atoms with Crippen LogP contribution >= 0.6 is 0 Å². The number of sulfone groups is 1. The molecule has 1 atom stereocenters. The second-order valence-electron chi connectivity index (χ2n) is 8.46. The normalized spacial score (nSPS) is 23.1. The zero-order chi connectivity index (χ0) is 22.7. The topological polar surface area (TPSA) is 91.8 Å². The summed E-state index contributed by atoms with van der Waals surface area (Å²) < 4.78 is 68.2. The lowest BCUT2D eigenvalue weighted by atomic mass is 10.00. The molecule has 3 aliphatic heterocycles. The summed E-state index contributed by atoms with van der Waals surface area (Å²) >= 11 is 0. The molecule has 3 aliphatic rings. The minimum absolute atomic E-state index is 0.0113. The minimum atomic E-state index is -3.94. The summed E-state index contributed by atoms with van der Waals surface area (Å²) in [5.74, 6) is -0.913. The fourth-order valence-electron chi connectivity index (χ4n) is 4.97. The van der Waals surface area contributed by atoms with Crippen LogP contribution < -0.4 is 4.90 Å². The lowest BCUT2D eigenvalue weighted by molar-refractivity contribution is -0.118. The number of hydrogen-bond donors (Lipinski definition) is 0. The standard InChI is InChI=1S/C22H23FN2O5S2/c23-19-4-2-1-3-18(19)20-8-9-24(11-12-31(20,27)28)32(29,30)17-13-15-5-6-21(26)25-10-7-16(14-17)22(15)25/h1-4,13-14,20H,5-12H2. The Kier molecular flexibility index (Phi) is 5.14. The molecule has 3 heterocycles. The number of rotatable bonds is 3. The molecule has 32 heavy (non-hydrogen) atoms. The number of anilines is 1. The van der Waals surface area contributed by atoms with Gasteiger partial charge in [0.25, 0.3) is 0 Å². The third kappa shape index (κ3) is 3.45. The number of hydrogen-bond acceptors (Lipinski definition) is 5. The van der Waals surface area contributed by atoms with E-state index in [1.165, 1.54) is 22.5 Å². The predicted octanol–water partition coefficient (Wildman–Crippen LogP) is 2.21. The smallest absolute Gasteiger partial charge is 0.243 e. The van der Waals surface area contributed by atoms with Gasteiger partial charge in [-0.25, -0.2) is 21.2 Å². The molecule has 5 rings (SSSR count). The van der Waals surface area contributed by atoms with E-state index in [-0.39, 0.29) is 41.6 Å². The van der Waals surface area contributed by atoms with Gasteiger partial charge in [0, 0.05) is 31.6 Å². The number of nitrogens with zero attached hydrogens (tertiary/aromatic N) is 2. The van der Waals surface area contributed by atoms with Crippen LogP contribution in [0.2, 0.25) is 0 Å². The van der Waals surface area contributed by atoms with Crippen molar-refractivity contribution >= 4 is 31.5 Å². The molecule has 0 aromatic heterocycles. The van der Waals surface area contributed by atoms with Gasteiger partial charge in [0.2, 0.25) is 15.9 Å². The molecule has 0 spiro atoms. The fourth-order valence-corrected chi connectivity index (χ4v) is 8.45. The monoisotopic (exact) mass is 478 g/mol. The lowest BCUT2D eigenvalue weighted by Crippen LogP contribution is -2.34. The SMILES string of the molecule is O=C1CCc2cc(S(=O)(=O)N3CCC(c4ccccc4F)S(=O)(=O)CC3)cc3c2N1CC3. The highest BCUT2D eigenvalue weighted by molar-refractivity contribution is 7.92. The van der Waals surface area contributed by atoms with Gasteiger partial charge in [0.15, 0.2) is 9.84 Å². The van der Waals surface area contributed by atoms with Crippen molar-refractivity contribution in [2.75, 3.05) is 30.3 Å². The number of halogens is 1. The van der Waals surface area contributed by atoms with Crippen molar-refractivity contribution in [1.82, 2.24) is 4.31 Å². The summed E-state index contributed by atoms with van der Waals surface area (Å²) in [5.41, 5.74) is 2.59. The molecule has 2 aromatic carbocycles. The Balaban J connectivity index is 1.47. The van der Waals surface area contributed by atoms with E-state index < -0.39 is 30.9 Å². The first-order valence-corrected chi connectivity index (χ1v) is 13.8. The third-order valence-corrected chi connectivity index (χ3v) is 10.6. The van der Waals surface area contributed by atoms with Crippen molar-refractivity contribution < 1.29 is 26.0 Å². The number of sulfonamides is 1. The van der Waals surface area contributed by atoms with E-state index in [1.807, 2.05) is 0 Å². The van der Waals surface area contributed by atoms with Gasteiger partial charge in [0.05, 0.1) is 21.6 Å². The number of amides is 1. The molecule has 10 heteroatoms. The Morgan fingerprint density at radius 2 is 1.69 bits per heavy atom. The van der Waals surface area contributed by atoms with Crippen LogP contribution in [0.15, 0.2) is 41.3 Å². The molecule has 0 N–H and O–H groups in total. The third-order valence-electron chi connectivity index (χ3n) is 6.61. The van der Waals surface area contributed by atoms with Crippen LogP contribution in [-0.2, 0) is 37.5 Å². The van der Waals surface area contributed by atoms with Crippen molar-refractivity contribution in [1.29, 1.82) is 0 Å². The van der Waals surface area contributed by atoms with Crippen LogP contribution in [0.1, 0.15) is 34.8 Å². The van der Waals surface area contributed by atoms with Crippen molar-refractivity contribution in [2.24, 2.45) is 0 Å². The van der Waals surface area contributed by atoms with Crippen molar-refractivity contribution in [3.05, 3.63) is 58.9 Å². The van der Waals surface area contributed by atoms with Gasteiger partial charge in [-0.05, 0) is 48.6 Å². The van der Waals surface area contributed by atoms with Gasteiger partial charge in [-0.2, -0.15) is 4.31 Å². The van der Waals surface area contributed by atoms with Gasteiger partial charge in [0.1, 0.15) is 5.82 Å². The predicted molar refractivity (Wildman–Crippen MR) is 117 cm³/mol. The van der Waals surface area contributed by atoms with Crippen LogP contribution in [0.25, 0.3) is 0 Å². The summed E-state index contributed by atoms with van der Waals surface area (Å²) in [6, 6.07) is 8.97. The molecule has 1 saturated heterocycles. The molecule has 1 unspecified atom stereocenters. The average Bonchev–Trinajstić information content (AvgIpc) is 3.12. The first-order valence-electron chi connectivity index (χ1n) is 10.6. The highest BCUT2D eigenvalue weighted by Crippen LogP contribution is 2.39. The number of aryl methyl sites for hydroxylation is 1. The first kappa shape index (κ1) is 21.5. The van der Waals surface area contributed by atoms with Crippen molar-refractivity contribution in [2.45, 2.75) is 35.8 Å². The van der Waals surface area contributed by atoms with E-state index in [4.69, 9.17) is 0 Å². The summed E-state index contributed by atoms with van der Waals surface area (Å²) in [6.07, 6.45) is 1.43. The lowest BCUT2D eigenvalue weighted by Gasteiger charge is -2.26. The fraction of sp³-hybridized carbons (Fsp3) is 0.409. The summed E-state index contributed by atoms with van der Waals surface area (Å²) in [4.78, 5) is 14.0. The van der Waals surface area contributed by atoms with Crippen LogP contribution in [-0.4, -0.2) is 52.4 Å². The van der Waals surface area contributed by atoms with E-state index in [0.29, 0.717) is 25.8 Å². The first-order chi connectivity index (χ1) is 15.2. The molecule has 2 aromatic rings. The van der Waals surface area contributed by atoms with Gasteiger partial charge < -0.3 is 4.90 Å². The molecule has 1 fully saturated rings. The Labute approximate surface area is 186 Å². The Hall–Kier alpha value is -2.30. The molecule has 0 radical (unpaired) electrons. The zero-order valence-corrected chi connectivity index (χ0v) is 19.0. The van der Waals surface area contributed by atoms with Gasteiger partial charge >= 0.3 is 0 Å². The van der Waals surface area contributed by atoms with Crippen LogP contribution in [0.4, 0.5) is 10.1 Å². The average molecular weight is 479 g/mol. The Bertz CT molecular complexity index is 1320. The molecule has 1 amide bonds. The molecule has 7 nitrogen and oxygen atoms in total. The number of carbonyl (C=O) groups is 1. The summed E-state index contributed by atoms with van der Waals surface area (Å²) in [7, 11) is -7.67. The van der Waals surface area contributed by atoms with E-state index in [2.05, 4.69) is 0 Å².